The summed E-state index contributed by atoms with van der Waals surface area (Å²) in [6.45, 7) is 5.87. The van der Waals surface area contributed by atoms with Gasteiger partial charge in [-0.05, 0) is 38.4 Å². The lowest BCUT2D eigenvalue weighted by Crippen LogP contribution is -2.56. The van der Waals surface area contributed by atoms with Crippen molar-refractivity contribution in [2.45, 2.75) is 38.6 Å². The number of aromatic nitrogens is 1. The van der Waals surface area contributed by atoms with Crippen LogP contribution in [-0.4, -0.2) is 52.9 Å². The standard InChI is InChI=1S/C18H23N3O2S/c1-13-5-6-16(23-13)18-19-14(12-24-18)10-17(22)21-9-8-20-7-3-2-4-15(20)11-21/h5-6,12,15H,2-4,7-11H2,1H3. The predicted octanol–water partition coefficient (Wildman–Crippen LogP) is 2.95. The maximum Gasteiger partial charge on any atom is 0.228 e. The van der Waals surface area contributed by atoms with Crippen molar-refractivity contribution in [2.75, 3.05) is 26.2 Å². The lowest BCUT2D eigenvalue weighted by molar-refractivity contribution is -0.134. The Bertz CT molecular complexity index is 723. The number of rotatable bonds is 3. The smallest absolute Gasteiger partial charge is 0.228 e. The van der Waals surface area contributed by atoms with Crippen molar-refractivity contribution < 1.29 is 9.21 Å². The summed E-state index contributed by atoms with van der Waals surface area (Å²) in [6, 6.07) is 4.43. The minimum Gasteiger partial charge on any atom is -0.459 e. The van der Waals surface area contributed by atoms with Gasteiger partial charge in [0.1, 0.15) is 5.76 Å². The molecule has 4 rings (SSSR count). The van der Waals surface area contributed by atoms with Crippen LogP contribution in [0.4, 0.5) is 0 Å². The number of carbonyl (C=O) groups excluding carboxylic acids is 1. The number of fused-ring (bicyclic) bond motifs is 1. The van der Waals surface area contributed by atoms with E-state index in [2.05, 4.69) is 9.88 Å². The lowest BCUT2D eigenvalue weighted by Gasteiger charge is -2.44. The van der Waals surface area contributed by atoms with Crippen molar-refractivity contribution in [1.82, 2.24) is 14.8 Å². The Balaban J connectivity index is 1.38. The summed E-state index contributed by atoms with van der Waals surface area (Å²) in [6.07, 6.45) is 4.21. The highest BCUT2D eigenvalue weighted by molar-refractivity contribution is 7.13. The van der Waals surface area contributed by atoms with E-state index in [-0.39, 0.29) is 5.91 Å². The van der Waals surface area contributed by atoms with Gasteiger partial charge in [-0.15, -0.1) is 11.3 Å². The Morgan fingerprint density at radius 1 is 1.33 bits per heavy atom. The van der Waals surface area contributed by atoms with Crippen molar-refractivity contribution in [3.8, 4) is 10.8 Å². The maximum atomic E-state index is 12.6. The van der Waals surface area contributed by atoms with Crippen LogP contribution in [0.5, 0.6) is 0 Å². The normalized spacial score (nSPS) is 21.7. The van der Waals surface area contributed by atoms with Gasteiger partial charge in [-0.3, -0.25) is 9.69 Å². The average Bonchev–Trinajstić information content (AvgIpc) is 3.23. The maximum absolute atomic E-state index is 12.6. The van der Waals surface area contributed by atoms with Crippen LogP contribution < -0.4 is 0 Å². The molecular weight excluding hydrogens is 322 g/mol. The molecule has 2 aromatic heterocycles. The number of nitrogens with zero attached hydrogens (tertiary/aromatic N) is 3. The Labute approximate surface area is 146 Å². The molecule has 0 radical (unpaired) electrons. The number of piperazine rings is 1. The number of piperidine rings is 1. The highest BCUT2D eigenvalue weighted by Crippen LogP contribution is 2.26. The second kappa shape index (κ2) is 6.69. The minimum atomic E-state index is 0.202. The molecule has 0 saturated carbocycles. The monoisotopic (exact) mass is 345 g/mol. The Morgan fingerprint density at radius 3 is 3.08 bits per heavy atom. The summed E-state index contributed by atoms with van der Waals surface area (Å²) >= 11 is 1.54. The van der Waals surface area contributed by atoms with E-state index < -0.39 is 0 Å². The molecule has 2 aliphatic heterocycles. The number of hydrogen-bond acceptors (Lipinski definition) is 5. The number of aryl methyl sites for hydroxylation is 1. The van der Waals surface area contributed by atoms with Crippen LogP contribution in [0.3, 0.4) is 0 Å². The van der Waals surface area contributed by atoms with Gasteiger partial charge in [0.15, 0.2) is 10.8 Å². The second-order valence-electron chi connectivity index (χ2n) is 6.76. The van der Waals surface area contributed by atoms with E-state index in [4.69, 9.17) is 4.42 Å². The van der Waals surface area contributed by atoms with Crippen molar-refractivity contribution in [1.29, 1.82) is 0 Å². The highest BCUT2D eigenvalue weighted by Gasteiger charge is 2.31. The summed E-state index contributed by atoms with van der Waals surface area (Å²) in [5.41, 5.74) is 0.847. The second-order valence-corrected chi connectivity index (χ2v) is 7.61. The van der Waals surface area contributed by atoms with Gasteiger partial charge in [-0.2, -0.15) is 0 Å². The number of amides is 1. The molecule has 2 aromatic rings. The first kappa shape index (κ1) is 15.8. The summed E-state index contributed by atoms with van der Waals surface area (Å²) in [5.74, 6) is 1.86. The van der Waals surface area contributed by atoms with Crippen LogP contribution in [0, 0.1) is 6.92 Å². The molecule has 2 fully saturated rings. The Kier molecular flexibility index (Phi) is 4.41. The zero-order chi connectivity index (χ0) is 16.5. The molecule has 4 heterocycles. The quantitative estimate of drug-likeness (QED) is 0.858. The number of hydrogen-bond donors (Lipinski definition) is 0. The van der Waals surface area contributed by atoms with E-state index >= 15 is 0 Å². The van der Waals surface area contributed by atoms with Gasteiger partial charge >= 0.3 is 0 Å². The zero-order valence-corrected chi connectivity index (χ0v) is 14.8. The van der Waals surface area contributed by atoms with Gasteiger partial charge in [0, 0.05) is 31.1 Å². The molecular formula is C18H23N3O2S. The zero-order valence-electron chi connectivity index (χ0n) is 14.0. The average molecular weight is 345 g/mol. The molecule has 0 bridgehead atoms. The van der Waals surface area contributed by atoms with Crippen LogP contribution in [0.15, 0.2) is 21.9 Å². The van der Waals surface area contributed by atoms with Crippen LogP contribution in [-0.2, 0) is 11.2 Å². The SMILES string of the molecule is Cc1ccc(-c2nc(CC(=O)N3CCN4CCCCC4C3)cs2)o1. The number of carbonyl (C=O) groups is 1. The number of furan rings is 1. The third-order valence-electron chi connectivity index (χ3n) is 5.03. The molecule has 2 saturated heterocycles. The topological polar surface area (TPSA) is 49.6 Å². The minimum absolute atomic E-state index is 0.202. The largest absolute Gasteiger partial charge is 0.459 e. The van der Waals surface area contributed by atoms with Gasteiger partial charge in [0.2, 0.25) is 5.91 Å². The highest BCUT2D eigenvalue weighted by atomic mass is 32.1. The van der Waals surface area contributed by atoms with Crippen LogP contribution in [0.1, 0.15) is 30.7 Å². The van der Waals surface area contributed by atoms with Crippen molar-refractivity contribution in [2.24, 2.45) is 0 Å². The molecule has 1 unspecified atom stereocenters. The van der Waals surface area contributed by atoms with E-state index in [1.54, 1.807) is 0 Å². The molecule has 0 aromatic carbocycles. The summed E-state index contributed by atoms with van der Waals surface area (Å²) < 4.78 is 5.61. The fourth-order valence-electron chi connectivity index (χ4n) is 3.70. The van der Waals surface area contributed by atoms with Crippen LogP contribution in [0.25, 0.3) is 10.8 Å². The fraction of sp³-hybridized carbons (Fsp3) is 0.556. The molecule has 128 valence electrons. The van der Waals surface area contributed by atoms with E-state index in [1.165, 1.54) is 37.1 Å². The molecule has 0 aliphatic carbocycles. The van der Waals surface area contributed by atoms with E-state index in [0.29, 0.717) is 12.5 Å². The van der Waals surface area contributed by atoms with Crippen molar-refractivity contribution in [3.05, 3.63) is 29.0 Å². The molecule has 6 heteroatoms. The molecule has 5 nitrogen and oxygen atoms in total. The van der Waals surface area contributed by atoms with Crippen molar-refractivity contribution >= 4 is 17.2 Å². The molecule has 1 amide bonds. The van der Waals surface area contributed by atoms with Crippen LogP contribution in [0.2, 0.25) is 0 Å². The third kappa shape index (κ3) is 3.26. The van der Waals surface area contributed by atoms with E-state index in [9.17, 15) is 4.79 Å². The summed E-state index contributed by atoms with van der Waals surface area (Å²) in [4.78, 5) is 21.8. The van der Waals surface area contributed by atoms with Crippen molar-refractivity contribution in [3.63, 3.8) is 0 Å². The first-order valence-corrected chi connectivity index (χ1v) is 9.60. The lowest BCUT2D eigenvalue weighted by atomic mass is 9.99. The first-order chi connectivity index (χ1) is 11.7. The van der Waals surface area contributed by atoms with Gasteiger partial charge in [0.25, 0.3) is 0 Å². The molecule has 2 aliphatic rings. The number of thiazole rings is 1. The van der Waals surface area contributed by atoms with Gasteiger partial charge in [0.05, 0.1) is 12.1 Å². The summed E-state index contributed by atoms with van der Waals surface area (Å²) in [5, 5.41) is 2.82. The molecule has 1 atom stereocenters. The molecule has 24 heavy (non-hydrogen) atoms. The summed E-state index contributed by atoms with van der Waals surface area (Å²) in [7, 11) is 0. The predicted molar refractivity (Wildman–Crippen MR) is 94.0 cm³/mol. The van der Waals surface area contributed by atoms with E-state index in [0.717, 1.165) is 41.9 Å². The first-order valence-electron chi connectivity index (χ1n) is 8.72. The molecule has 0 N–H and O–H groups in total. The third-order valence-corrected chi connectivity index (χ3v) is 5.93. The Hall–Kier alpha value is -1.66. The Morgan fingerprint density at radius 2 is 2.25 bits per heavy atom. The molecule has 0 spiro atoms. The van der Waals surface area contributed by atoms with E-state index in [1.807, 2.05) is 29.3 Å². The van der Waals surface area contributed by atoms with Gasteiger partial charge < -0.3 is 9.32 Å². The van der Waals surface area contributed by atoms with Crippen LogP contribution >= 0.6 is 11.3 Å². The van der Waals surface area contributed by atoms with Gasteiger partial charge in [-0.1, -0.05) is 6.42 Å². The fourth-order valence-corrected chi connectivity index (χ4v) is 4.48. The van der Waals surface area contributed by atoms with Gasteiger partial charge in [-0.25, -0.2) is 4.98 Å².